The predicted octanol–water partition coefficient (Wildman–Crippen LogP) is 2.64. The minimum Gasteiger partial charge on any atom is -0.493 e. The molecule has 0 amide bonds. The molecule has 0 spiro atoms. The van der Waals surface area contributed by atoms with E-state index in [9.17, 15) is 8.42 Å². The quantitative estimate of drug-likeness (QED) is 0.734. The van der Waals surface area contributed by atoms with Crippen molar-refractivity contribution in [1.29, 1.82) is 0 Å². The van der Waals surface area contributed by atoms with Gasteiger partial charge in [-0.15, -0.1) is 0 Å². The molecule has 0 aliphatic carbocycles. The van der Waals surface area contributed by atoms with Crippen LogP contribution in [0.15, 0.2) is 33.8 Å². The first-order chi connectivity index (χ1) is 13.5. The van der Waals surface area contributed by atoms with E-state index in [2.05, 4.69) is 4.90 Å². The fraction of sp³-hybridized carbons (Fsp3) is 0.500. The van der Waals surface area contributed by atoms with Crippen LogP contribution in [0.4, 0.5) is 0 Å². The first kappa shape index (κ1) is 19.3. The van der Waals surface area contributed by atoms with Crippen molar-refractivity contribution in [2.75, 3.05) is 33.9 Å². The lowest BCUT2D eigenvalue weighted by Crippen LogP contribution is -2.30. The Morgan fingerprint density at radius 2 is 1.68 bits per heavy atom. The molecule has 0 N–H and O–H groups in total. The van der Waals surface area contributed by atoms with Gasteiger partial charge in [0.15, 0.2) is 11.5 Å². The zero-order chi connectivity index (χ0) is 19.7. The fourth-order valence-corrected chi connectivity index (χ4v) is 5.38. The maximum atomic E-state index is 12.6. The summed E-state index contributed by atoms with van der Waals surface area (Å²) in [6.07, 6.45) is 2.72. The molecule has 0 unspecified atom stereocenters. The number of ether oxygens (including phenoxy) is 2. The Morgan fingerprint density at radius 1 is 1.00 bits per heavy atom. The number of rotatable bonds is 6. The Hall–Kier alpha value is -2.03. The van der Waals surface area contributed by atoms with E-state index >= 15 is 0 Å². The zero-order valence-corrected chi connectivity index (χ0v) is 17.1. The monoisotopic (exact) mass is 406 g/mol. The van der Waals surface area contributed by atoms with Gasteiger partial charge in [0.25, 0.3) is 10.0 Å². The Labute approximate surface area is 165 Å². The van der Waals surface area contributed by atoms with E-state index in [4.69, 9.17) is 13.9 Å². The van der Waals surface area contributed by atoms with E-state index in [1.807, 2.05) is 12.1 Å². The number of fused-ring (bicyclic) bond motifs is 1. The van der Waals surface area contributed by atoms with Crippen molar-refractivity contribution < 1.29 is 22.3 Å². The summed E-state index contributed by atoms with van der Waals surface area (Å²) in [5.41, 5.74) is 2.45. The fourth-order valence-electron chi connectivity index (χ4n) is 3.93. The number of benzene rings is 1. The highest BCUT2D eigenvalue weighted by Gasteiger charge is 2.30. The van der Waals surface area contributed by atoms with Gasteiger partial charge in [-0.3, -0.25) is 4.90 Å². The summed E-state index contributed by atoms with van der Waals surface area (Å²) in [4.78, 5) is 2.25. The van der Waals surface area contributed by atoms with Gasteiger partial charge in [0.2, 0.25) is 5.09 Å². The van der Waals surface area contributed by atoms with E-state index in [0.29, 0.717) is 25.4 Å². The van der Waals surface area contributed by atoms with E-state index in [-0.39, 0.29) is 5.09 Å². The first-order valence-electron chi connectivity index (χ1n) is 9.56. The van der Waals surface area contributed by atoms with Crippen molar-refractivity contribution in [3.05, 3.63) is 41.2 Å². The topological polar surface area (TPSA) is 72.2 Å². The van der Waals surface area contributed by atoms with Crippen molar-refractivity contribution >= 4 is 10.0 Å². The molecule has 2 aromatic rings. The van der Waals surface area contributed by atoms with Crippen molar-refractivity contribution in [2.45, 2.75) is 37.4 Å². The van der Waals surface area contributed by atoms with Crippen molar-refractivity contribution in [2.24, 2.45) is 0 Å². The van der Waals surface area contributed by atoms with Crippen LogP contribution in [-0.2, 0) is 29.5 Å². The van der Waals surface area contributed by atoms with Gasteiger partial charge in [-0.25, -0.2) is 8.42 Å². The molecule has 3 heterocycles. The number of hydrogen-bond donors (Lipinski definition) is 0. The molecule has 1 fully saturated rings. The molecule has 1 saturated heterocycles. The van der Waals surface area contributed by atoms with E-state index in [1.165, 1.54) is 15.4 Å². The van der Waals surface area contributed by atoms with Crippen LogP contribution in [0.2, 0.25) is 0 Å². The minimum atomic E-state index is -3.51. The number of nitrogens with zero attached hydrogens (tertiary/aromatic N) is 2. The predicted molar refractivity (Wildman–Crippen MR) is 104 cm³/mol. The van der Waals surface area contributed by atoms with Gasteiger partial charge in [-0.2, -0.15) is 4.31 Å². The van der Waals surface area contributed by atoms with Crippen molar-refractivity contribution in [3.8, 4) is 11.5 Å². The van der Waals surface area contributed by atoms with Gasteiger partial charge < -0.3 is 13.9 Å². The lowest BCUT2D eigenvalue weighted by molar-refractivity contribution is 0.218. The lowest BCUT2D eigenvalue weighted by Gasteiger charge is -2.28. The highest BCUT2D eigenvalue weighted by molar-refractivity contribution is 7.89. The van der Waals surface area contributed by atoms with Crippen LogP contribution in [0.3, 0.4) is 0 Å². The summed E-state index contributed by atoms with van der Waals surface area (Å²) in [6, 6.07) is 7.41. The second-order valence-electron chi connectivity index (χ2n) is 7.27. The van der Waals surface area contributed by atoms with E-state index < -0.39 is 10.0 Å². The van der Waals surface area contributed by atoms with Crippen molar-refractivity contribution in [3.63, 3.8) is 0 Å². The first-order valence-corrected chi connectivity index (χ1v) is 11.0. The normalized spacial score (nSPS) is 18.2. The molecule has 1 aromatic heterocycles. The largest absolute Gasteiger partial charge is 0.493 e. The third-order valence-electron chi connectivity index (χ3n) is 5.47. The summed E-state index contributed by atoms with van der Waals surface area (Å²) in [5, 5.41) is 0.0493. The molecule has 0 atom stereocenters. The molecule has 8 heteroatoms. The summed E-state index contributed by atoms with van der Waals surface area (Å²) in [6.45, 7) is 3.35. The zero-order valence-electron chi connectivity index (χ0n) is 16.3. The van der Waals surface area contributed by atoms with Crippen LogP contribution in [0, 0.1) is 0 Å². The van der Waals surface area contributed by atoms with E-state index in [0.717, 1.165) is 43.9 Å². The summed E-state index contributed by atoms with van der Waals surface area (Å²) >= 11 is 0. The van der Waals surface area contributed by atoms with Crippen LogP contribution in [0.25, 0.3) is 0 Å². The molecule has 4 rings (SSSR count). The highest BCUT2D eigenvalue weighted by Crippen LogP contribution is 2.33. The van der Waals surface area contributed by atoms with Crippen LogP contribution in [-0.4, -0.2) is 51.5 Å². The highest BCUT2D eigenvalue weighted by atomic mass is 32.2. The second kappa shape index (κ2) is 7.77. The van der Waals surface area contributed by atoms with Crippen molar-refractivity contribution in [1.82, 2.24) is 9.21 Å². The van der Waals surface area contributed by atoms with E-state index in [1.54, 1.807) is 26.4 Å². The van der Waals surface area contributed by atoms with Gasteiger partial charge >= 0.3 is 0 Å². The third-order valence-corrected chi connectivity index (χ3v) is 7.25. The Balaban J connectivity index is 1.47. The van der Waals surface area contributed by atoms with Gasteiger partial charge in [0.05, 0.1) is 20.8 Å². The summed E-state index contributed by atoms with van der Waals surface area (Å²) in [5.74, 6) is 2.14. The van der Waals surface area contributed by atoms with Gasteiger partial charge in [0.1, 0.15) is 5.76 Å². The standard InChI is InChI=1S/C20H26N2O5S/c1-25-18-11-15-7-10-21(13-16(15)12-19(18)26-2)14-17-5-6-20(27-17)28(23,24)22-8-3-4-9-22/h5-6,11-12H,3-4,7-10,13-14H2,1-2H3. The minimum absolute atomic E-state index is 0.0493. The Bertz CT molecular complexity index is 948. The molecule has 0 saturated carbocycles. The molecule has 1 aromatic carbocycles. The molecule has 0 bridgehead atoms. The van der Waals surface area contributed by atoms with Gasteiger partial charge in [-0.1, -0.05) is 0 Å². The van der Waals surface area contributed by atoms with Crippen LogP contribution in [0.5, 0.6) is 11.5 Å². The molecular formula is C20H26N2O5S. The maximum Gasteiger partial charge on any atom is 0.276 e. The van der Waals surface area contributed by atoms with Gasteiger partial charge in [-0.05, 0) is 54.7 Å². The molecule has 0 radical (unpaired) electrons. The SMILES string of the molecule is COc1cc2c(cc1OC)CN(Cc1ccc(S(=O)(=O)N3CCCC3)o1)CC2. The average Bonchev–Trinajstić information content (AvgIpc) is 3.39. The Morgan fingerprint density at radius 3 is 2.36 bits per heavy atom. The number of sulfonamides is 1. The molecule has 28 heavy (non-hydrogen) atoms. The smallest absolute Gasteiger partial charge is 0.276 e. The van der Waals surface area contributed by atoms with Gasteiger partial charge in [0, 0.05) is 26.2 Å². The molecule has 2 aliphatic heterocycles. The maximum absolute atomic E-state index is 12.6. The molecule has 2 aliphatic rings. The number of furan rings is 1. The molecule has 7 nitrogen and oxygen atoms in total. The molecular weight excluding hydrogens is 380 g/mol. The van der Waals surface area contributed by atoms with Crippen LogP contribution >= 0.6 is 0 Å². The average molecular weight is 407 g/mol. The number of hydrogen-bond acceptors (Lipinski definition) is 6. The lowest BCUT2D eigenvalue weighted by atomic mass is 9.98. The molecule has 152 valence electrons. The number of methoxy groups -OCH3 is 2. The second-order valence-corrected chi connectivity index (χ2v) is 9.14. The Kier molecular flexibility index (Phi) is 5.35. The van der Waals surface area contributed by atoms with Crippen LogP contribution < -0.4 is 9.47 Å². The van der Waals surface area contributed by atoms with Crippen LogP contribution in [0.1, 0.15) is 29.7 Å². The summed E-state index contributed by atoms with van der Waals surface area (Å²) < 4.78 is 43.3. The third kappa shape index (κ3) is 3.64. The summed E-state index contributed by atoms with van der Waals surface area (Å²) in [7, 11) is -0.228.